The molecule has 0 unspecified atom stereocenters. The molecule has 0 spiro atoms. The maximum atomic E-state index is 5.35. The third-order valence-electron chi connectivity index (χ3n) is 2.69. The van der Waals surface area contributed by atoms with Crippen molar-refractivity contribution in [3.8, 4) is 5.75 Å². The van der Waals surface area contributed by atoms with E-state index >= 15 is 0 Å². The lowest BCUT2D eigenvalue weighted by Gasteiger charge is -2.13. The van der Waals surface area contributed by atoms with Crippen molar-refractivity contribution in [1.82, 2.24) is 9.97 Å². The molecule has 1 aromatic heterocycles. The summed E-state index contributed by atoms with van der Waals surface area (Å²) < 4.78 is 7.09. The van der Waals surface area contributed by atoms with Crippen LogP contribution in [0.2, 0.25) is 0 Å². The van der Waals surface area contributed by atoms with Gasteiger partial charge in [0, 0.05) is 17.2 Å². The quantitative estimate of drug-likeness (QED) is 0.723. The first kappa shape index (κ1) is 16.0. The second-order valence-electron chi connectivity index (χ2n) is 4.29. The van der Waals surface area contributed by atoms with Gasteiger partial charge in [0.05, 0.1) is 17.3 Å². The van der Waals surface area contributed by atoms with E-state index in [1.165, 1.54) is 0 Å². The van der Waals surface area contributed by atoms with Crippen molar-refractivity contribution in [2.75, 3.05) is 24.3 Å². The highest BCUT2D eigenvalue weighted by atomic mass is 79.9. The van der Waals surface area contributed by atoms with E-state index in [4.69, 9.17) is 4.74 Å². The average Bonchev–Trinajstić information content (AvgIpc) is 2.48. The maximum Gasteiger partial charge on any atom is 0.224 e. The molecule has 0 aliphatic rings. The van der Waals surface area contributed by atoms with Crippen molar-refractivity contribution in [1.29, 1.82) is 0 Å². The van der Waals surface area contributed by atoms with Gasteiger partial charge in [0.25, 0.3) is 0 Å². The van der Waals surface area contributed by atoms with E-state index in [2.05, 4.69) is 59.4 Å². The van der Waals surface area contributed by atoms with Crippen LogP contribution < -0.4 is 15.4 Å². The topological polar surface area (TPSA) is 59.1 Å². The summed E-state index contributed by atoms with van der Waals surface area (Å²) in [5, 5.41) is 6.42. The molecule has 21 heavy (non-hydrogen) atoms. The largest absolute Gasteiger partial charge is 0.495 e. The van der Waals surface area contributed by atoms with Crippen LogP contribution in [-0.2, 0) is 0 Å². The van der Waals surface area contributed by atoms with Crippen LogP contribution in [0.15, 0.2) is 33.3 Å². The number of rotatable bonds is 6. The van der Waals surface area contributed by atoms with Gasteiger partial charge in [-0.3, -0.25) is 0 Å². The first-order valence-corrected chi connectivity index (χ1v) is 8.09. The van der Waals surface area contributed by atoms with E-state index < -0.39 is 0 Å². The fourth-order valence-electron chi connectivity index (χ4n) is 1.68. The Labute approximate surface area is 140 Å². The van der Waals surface area contributed by atoms with Crippen molar-refractivity contribution in [3.05, 3.63) is 33.3 Å². The molecule has 2 N–H and O–H groups in total. The van der Waals surface area contributed by atoms with Gasteiger partial charge in [0.1, 0.15) is 11.6 Å². The molecule has 112 valence electrons. The van der Waals surface area contributed by atoms with E-state index in [9.17, 15) is 0 Å². The van der Waals surface area contributed by atoms with Gasteiger partial charge in [-0.05, 0) is 40.5 Å². The Morgan fingerprint density at radius 2 is 2.10 bits per heavy atom. The molecule has 0 atom stereocenters. The number of methoxy groups -OCH3 is 1. The molecule has 7 heteroatoms. The number of nitrogens with one attached hydrogen (secondary N) is 2. The number of benzene rings is 1. The van der Waals surface area contributed by atoms with Gasteiger partial charge in [-0.1, -0.05) is 22.9 Å². The van der Waals surface area contributed by atoms with Crippen LogP contribution in [-0.4, -0.2) is 23.6 Å². The Morgan fingerprint density at radius 1 is 1.29 bits per heavy atom. The van der Waals surface area contributed by atoms with Gasteiger partial charge in [-0.15, -0.1) is 0 Å². The van der Waals surface area contributed by atoms with Crippen LogP contribution in [0, 0.1) is 0 Å². The molecule has 0 saturated heterocycles. The molecule has 0 aliphatic carbocycles. The summed E-state index contributed by atoms with van der Waals surface area (Å²) in [4.78, 5) is 8.69. The van der Waals surface area contributed by atoms with E-state index in [1.807, 2.05) is 18.2 Å². The van der Waals surface area contributed by atoms with Crippen LogP contribution >= 0.6 is 31.9 Å². The van der Waals surface area contributed by atoms with Crippen molar-refractivity contribution in [2.45, 2.75) is 13.3 Å². The molecule has 0 radical (unpaired) electrons. The van der Waals surface area contributed by atoms with E-state index in [1.54, 1.807) is 13.3 Å². The smallest absolute Gasteiger partial charge is 0.224 e. The minimum absolute atomic E-state index is 0.594. The average molecular weight is 416 g/mol. The number of anilines is 3. The zero-order valence-electron chi connectivity index (χ0n) is 11.8. The molecule has 2 aromatic rings. The van der Waals surface area contributed by atoms with Gasteiger partial charge in [-0.2, -0.15) is 4.98 Å². The van der Waals surface area contributed by atoms with Gasteiger partial charge < -0.3 is 15.4 Å². The Kier molecular flexibility index (Phi) is 5.81. The Hall–Kier alpha value is -1.34. The van der Waals surface area contributed by atoms with Crippen molar-refractivity contribution in [2.24, 2.45) is 0 Å². The fourth-order valence-corrected chi connectivity index (χ4v) is 2.33. The van der Waals surface area contributed by atoms with Crippen LogP contribution in [0.25, 0.3) is 0 Å². The van der Waals surface area contributed by atoms with Crippen LogP contribution in [0.1, 0.15) is 13.3 Å². The molecule has 1 heterocycles. The first-order valence-electron chi connectivity index (χ1n) is 6.51. The SMILES string of the molecule is CCCNc1ncc(Br)c(Nc2cc(Br)ccc2OC)n1. The fraction of sp³-hybridized carbons (Fsp3) is 0.286. The maximum absolute atomic E-state index is 5.35. The second kappa shape index (κ2) is 7.61. The Bertz CT molecular complexity index is 622. The van der Waals surface area contributed by atoms with Crippen LogP contribution in [0.5, 0.6) is 5.75 Å². The lowest BCUT2D eigenvalue weighted by atomic mass is 10.3. The number of halogens is 2. The first-order chi connectivity index (χ1) is 10.1. The summed E-state index contributed by atoms with van der Waals surface area (Å²) in [6, 6.07) is 5.75. The highest BCUT2D eigenvalue weighted by Gasteiger charge is 2.09. The van der Waals surface area contributed by atoms with Gasteiger partial charge in [0.15, 0.2) is 0 Å². The monoisotopic (exact) mass is 414 g/mol. The molecule has 0 amide bonds. The van der Waals surface area contributed by atoms with Crippen LogP contribution in [0.3, 0.4) is 0 Å². The molecule has 1 aromatic carbocycles. The lowest BCUT2D eigenvalue weighted by Crippen LogP contribution is -2.06. The summed E-state index contributed by atoms with van der Waals surface area (Å²) in [7, 11) is 1.64. The highest BCUT2D eigenvalue weighted by Crippen LogP contribution is 2.32. The zero-order chi connectivity index (χ0) is 15.2. The number of ether oxygens (including phenoxy) is 1. The number of hydrogen-bond acceptors (Lipinski definition) is 5. The predicted octanol–water partition coefficient (Wildman–Crippen LogP) is 4.58. The van der Waals surface area contributed by atoms with Gasteiger partial charge in [0.2, 0.25) is 5.95 Å². The minimum Gasteiger partial charge on any atom is -0.495 e. The van der Waals surface area contributed by atoms with Gasteiger partial charge in [-0.25, -0.2) is 4.98 Å². The third-order valence-corrected chi connectivity index (χ3v) is 3.77. The molecule has 5 nitrogen and oxygen atoms in total. The number of hydrogen-bond donors (Lipinski definition) is 2. The summed E-state index contributed by atoms with van der Waals surface area (Å²) >= 11 is 6.91. The zero-order valence-corrected chi connectivity index (χ0v) is 15.0. The molecule has 0 saturated carbocycles. The molecular formula is C14H16Br2N4O. The van der Waals surface area contributed by atoms with Crippen molar-refractivity contribution in [3.63, 3.8) is 0 Å². The molecule has 2 rings (SSSR count). The molecule has 0 bridgehead atoms. The lowest BCUT2D eigenvalue weighted by molar-refractivity contribution is 0.416. The van der Waals surface area contributed by atoms with Gasteiger partial charge >= 0.3 is 0 Å². The predicted molar refractivity (Wildman–Crippen MR) is 92.5 cm³/mol. The Balaban J connectivity index is 2.28. The summed E-state index contributed by atoms with van der Waals surface area (Å²) in [6.45, 7) is 2.93. The van der Waals surface area contributed by atoms with E-state index in [0.717, 1.165) is 33.3 Å². The molecule has 0 aliphatic heterocycles. The Morgan fingerprint density at radius 3 is 2.81 bits per heavy atom. The summed E-state index contributed by atoms with van der Waals surface area (Å²) in [6.07, 6.45) is 2.74. The molecular weight excluding hydrogens is 400 g/mol. The van der Waals surface area contributed by atoms with Crippen LogP contribution in [0.4, 0.5) is 17.5 Å². The normalized spacial score (nSPS) is 10.3. The van der Waals surface area contributed by atoms with E-state index in [0.29, 0.717) is 11.8 Å². The van der Waals surface area contributed by atoms with Crippen molar-refractivity contribution < 1.29 is 4.74 Å². The summed E-state index contributed by atoms with van der Waals surface area (Å²) in [5.74, 6) is 2.02. The highest BCUT2D eigenvalue weighted by molar-refractivity contribution is 9.10. The second-order valence-corrected chi connectivity index (χ2v) is 6.06. The number of nitrogens with zero attached hydrogens (tertiary/aromatic N) is 2. The third kappa shape index (κ3) is 4.31. The standard InChI is InChI=1S/C14H16Br2N4O/c1-3-6-17-14-18-8-10(16)13(20-14)19-11-7-9(15)4-5-12(11)21-2/h4-5,7-8H,3,6H2,1-2H3,(H2,17,18,19,20). The van der Waals surface area contributed by atoms with E-state index in [-0.39, 0.29) is 0 Å². The number of aromatic nitrogens is 2. The molecule has 0 fully saturated rings. The van der Waals surface area contributed by atoms with Crippen molar-refractivity contribution >= 4 is 49.3 Å². The summed E-state index contributed by atoms with van der Waals surface area (Å²) in [5.41, 5.74) is 0.827. The minimum atomic E-state index is 0.594.